The Labute approximate surface area is 88.1 Å². The van der Waals surface area contributed by atoms with E-state index in [1.165, 1.54) is 0 Å². The van der Waals surface area contributed by atoms with Crippen LogP contribution < -0.4 is 0 Å². The summed E-state index contributed by atoms with van der Waals surface area (Å²) in [5.74, 6) is 0. The Hall–Kier alpha value is -1.28. The van der Waals surface area contributed by atoms with Crippen molar-refractivity contribution >= 4 is 11.6 Å². The van der Waals surface area contributed by atoms with Crippen LogP contribution in [0.25, 0.3) is 11.1 Å². The Kier molecular flexibility index (Phi) is 2.55. The van der Waals surface area contributed by atoms with Gasteiger partial charge in [-0.25, -0.2) is 0 Å². The maximum atomic E-state index is 6.07. The van der Waals surface area contributed by atoms with Crippen molar-refractivity contribution < 1.29 is 0 Å². The lowest BCUT2D eigenvalue weighted by molar-refractivity contribution is 0.660. The van der Waals surface area contributed by atoms with Gasteiger partial charge >= 0.3 is 0 Å². The van der Waals surface area contributed by atoms with Crippen molar-refractivity contribution in [2.75, 3.05) is 0 Å². The maximum absolute atomic E-state index is 6.07. The largest absolute Gasteiger partial charge is 0.272 e. The summed E-state index contributed by atoms with van der Waals surface area (Å²) in [5, 5.41) is 4.98. The molecule has 0 bridgehead atoms. The van der Waals surface area contributed by atoms with Crippen LogP contribution in [-0.4, -0.2) is 9.78 Å². The number of hydrogen-bond donors (Lipinski definition) is 0. The minimum atomic E-state index is 0.767. The molecule has 0 atom stereocenters. The summed E-state index contributed by atoms with van der Waals surface area (Å²) in [6.07, 6.45) is 3.84. The monoisotopic (exact) mass is 206 g/mol. The van der Waals surface area contributed by atoms with Crippen molar-refractivity contribution in [3.05, 3.63) is 41.7 Å². The highest BCUT2D eigenvalue weighted by Crippen LogP contribution is 2.26. The van der Waals surface area contributed by atoms with E-state index in [1.54, 1.807) is 0 Å². The Morgan fingerprint density at radius 3 is 2.79 bits per heavy atom. The van der Waals surface area contributed by atoms with Crippen LogP contribution in [0.1, 0.15) is 6.92 Å². The number of rotatable bonds is 2. The van der Waals surface area contributed by atoms with Crippen LogP contribution >= 0.6 is 11.6 Å². The molecule has 0 saturated carbocycles. The Balaban J connectivity index is 2.44. The fourth-order valence-corrected chi connectivity index (χ4v) is 1.62. The van der Waals surface area contributed by atoms with Gasteiger partial charge in [0.15, 0.2) is 0 Å². The summed E-state index contributed by atoms with van der Waals surface area (Å²) < 4.78 is 1.89. The van der Waals surface area contributed by atoms with Crippen LogP contribution in [0.2, 0.25) is 5.02 Å². The van der Waals surface area contributed by atoms with Crippen LogP contribution in [-0.2, 0) is 6.54 Å². The van der Waals surface area contributed by atoms with Gasteiger partial charge in [0.1, 0.15) is 0 Å². The molecular formula is C11H11ClN2. The Morgan fingerprint density at radius 1 is 1.36 bits per heavy atom. The SMILES string of the molecule is CCn1cc(-c2ccccc2Cl)cn1. The van der Waals surface area contributed by atoms with Crippen molar-refractivity contribution in [2.45, 2.75) is 13.5 Å². The first-order valence-corrected chi connectivity index (χ1v) is 4.96. The number of aromatic nitrogens is 2. The van der Waals surface area contributed by atoms with Gasteiger partial charge in [0, 0.05) is 28.9 Å². The smallest absolute Gasteiger partial charge is 0.0568 e. The second-order valence-electron chi connectivity index (χ2n) is 3.06. The normalized spacial score (nSPS) is 10.4. The third-order valence-corrected chi connectivity index (χ3v) is 2.47. The van der Waals surface area contributed by atoms with Crippen molar-refractivity contribution in [3.63, 3.8) is 0 Å². The lowest BCUT2D eigenvalue weighted by Gasteiger charge is -1.99. The predicted octanol–water partition coefficient (Wildman–Crippen LogP) is 3.22. The number of halogens is 1. The van der Waals surface area contributed by atoms with Gasteiger partial charge in [-0.2, -0.15) is 5.10 Å². The van der Waals surface area contributed by atoms with Crippen LogP contribution in [0.15, 0.2) is 36.7 Å². The van der Waals surface area contributed by atoms with E-state index in [0.717, 1.165) is 22.7 Å². The van der Waals surface area contributed by atoms with Crippen LogP contribution in [0, 0.1) is 0 Å². The Morgan fingerprint density at radius 2 is 2.14 bits per heavy atom. The average Bonchev–Trinajstić information content (AvgIpc) is 2.67. The summed E-state index contributed by atoms with van der Waals surface area (Å²) in [5.41, 5.74) is 2.10. The standard InChI is InChI=1S/C11H11ClN2/c1-2-14-8-9(7-13-14)10-5-3-4-6-11(10)12/h3-8H,2H2,1H3. The maximum Gasteiger partial charge on any atom is 0.0568 e. The highest BCUT2D eigenvalue weighted by molar-refractivity contribution is 6.33. The molecule has 0 aliphatic rings. The summed E-state index contributed by atoms with van der Waals surface area (Å²) in [6, 6.07) is 7.79. The van der Waals surface area contributed by atoms with Crippen molar-refractivity contribution in [3.8, 4) is 11.1 Å². The molecule has 1 heterocycles. The quantitative estimate of drug-likeness (QED) is 0.738. The molecule has 0 amide bonds. The molecule has 2 rings (SSSR count). The molecular weight excluding hydrogens is 196 g/mol. The van der Waals surface area contributed by atoms with E-state index in [4.69, 9.17) is 11.6 Å². The van der Waals surface area contributed by atoms with Crippen LogP contribution in [0.4, 0.5) is 0 Å². The zero-order chi connectivity index (χ0) is 9.97. The van der Waals surface area contributed by atoms with Gasteiger partial charge in [-0.3, -0.25) is 4.68 Å². The average molecular weight is 207 g/mol. The third-order valence-electron chi connectivity index (χ3n) is 2.14. The highest BCUT2D eigenvalue weighted by atomic mass is 35.5. The Bertz CT molecular complexity index is 434. The molecule has 0 aliphatic heterocycles. The number of aryl methyl sites for hydroxylation is 1. The predicted molar refractivity (Wildman–Crippen MR) is 58.3 cm³/mol. The number of hydrogen-bond acceptors (Lipinski definition) is 1. The fourth-order valence-electron chi connectivity index (χ4n) is 1.37. The van der Waals surface area contributed by atoms with Crippen LogP contribution in [0.3, 0.4) is 0 Å². The van der Waals surface area contributed by atoms with Gasteiger partial charge < -0.3 is 0 Å². The second-order valence-corrected chi connectivity index (χ2v) is 3.47. The lowest BCUT2D eigenvalue weighted by atomic mass is 10.1. The van der Waals surface area contributed by atoms with Gasteiger partial charge in [0.25, 0.3) is 0 Å². The summed E-state index contributed by atoms with van der Waals surface area (Å²) in [7, 11) is 0. The zero-order valence-electron chi connectivity index (χ0n) is 7.94. The fraction of sp³-hybridized carbons (Fsp3) is 0.182. The van der Waals surface area contributed by atoms with E-state index in [2.05, 4.69) is 12.0 Å². The number of nitrogens with zero attached hydrogens (tertiary/aromatic N) is 2. The molecule has 0 spiro atoms. The molecule has 0 N–H and O–H groups in total. The molecule has 2 aromatic rings. The lowest BCUT2D eigenvalue weighted by Crippen LogP contribution is -1.91. The molecule has 14 heavy (non-hydrogen) atoms. The van der Waals surface area contributed by atoms with Gasteiger partial charge in [-0.1, -0.05) is 29.8 Å². The van der Waals surface area contributed by atoms with Crippen molar-refractivity contribution in [2.24, 2.45) is 0 Å². The van der Waals surface area contributed by atoms with Crippen LogP contribution in [0.5, 0.6) is 0 Å². The van der Waals surface area contributed by atoms with Gasteiger partial charge in [0.2, 0.25) is 0 Å². The molecule has 1 aromatic carbocycles. The van der Waals surface area contributed by atoms with E-state index >= 15 is 0 Å². The van der Waals surface area contributed by atoms with E-state index in [0.29, 0.717) is 0 Å². The molecule has 3 heteroatoms. The first kappa shape index (κ1) is 9.28. The topological polar surface area (TPSA) is 17.8 Å². The van der Waals surface area contributed by atoms with E-state index in [-0.39, 0.29) is 0 Å². The first-order valence-electron chi connectivity index (χ1n) is 4.58. The second kappa shape index (κ2) is 3.84. The minimum Gasteiger partial charge on any atom is -0.272 e. The number of benzene rings is 1. The van der Waals surface area contributed by atoms with Crippen molar-refractivity contribution in [1.29, 1.82) is 0 Å². The third kappa shape index (κ3) is 1.66. The van der Waals surface area contributed by atoms with Gasteiger partial charge in [0.05, 0.1) is 6.20 Å². The molecule has 1 aromatic heterocycles. The highest BCUT2D eigenvalue weighted by Gasteiger charge is 2.03. The first-order chi connectivity index (χ1) is 6.81. The molecule has 0 aliphatic carbocycles. The van der Waals surface area contributed by atoms with E-state index in [1.807, 2.05) is 41.3 Å². The van der Waals surface area contributed by atoms with Crippen molar-refractivity contribution in [1.82, 2.24) is 9.78 Å². The summed E-state index contributed by atoms with van der Waals surface area (Å²) in [4.78, 5) is 0. The zero-order valence-corrected chi connectivity index (χ0v) is 8.70. The molecule has 72 valence electrons. The minimum absolute atomic E-state index is 0.767. The van der Waals surface area contributed by atoms with E-state index in [9.17, 15) is 0 Å². The van der Waals surface area contributed by atoms with E-state index < -0.39 is 0 Å². The summed E-state index contributed by atoms with van der Waals surface area (Å²) in [6.45, 7) is 2.94. The molecule has 0 saturated heterocycles. The molecule has 0 unspecified atom stereocenters. The van der Waals surface area contributed by atoms with Gasteiger partial charge in [-0.15, -0.1) is 0 Å². The molecule has 2 nitrogen and oxygen atoms in total. The molecule has 0 radical (unpaired) electrons. The van der Waals surface area contributed by atoms with Gasteiger partial charge in [-0.05, 0) is 13.0 Å². The summed E-state index contributed by atoms with van der Waals surface area (Å²) >= 11 is 6.07. The molecule has 0 fully saturated rings.